The van der Waals surface area contributed by atoms with Gasteiger partial charge in [-0.15, -0.1) is 11.8 Å². The standard InChI is InChI=1S/C11H20N4O2S/c1-13-10(16)8-3-7(12)4-15(8)11(17)9-5-18-6-14(9)2/h7-9H,3-6,12H2,1-2H3,(H,13,16)/t7-,8+,9+/m1/s1. The zero-order chi connectivity index (χ0) is 13.3. The normalized spacial score (nSPS) is 32.8. The van der Waals surface area contributed by atoms with Gasteiger partial charge >= 0.3 is 0 Å². The number of amides is 2. The summed E-state index contributed by atoms with van der Waals surface area (Å²) in [4.78, 5) is 27.9. The lowest BCUT2D eigenvalue weighted by molar-refractivity contribution is -0.141. The van der Waals surface area contributed by atoms with Crippen molar-refractivity contribution < 1.29 is 9.59 Å². The van der Waals surface area contributed by atoms with E-state index < -0.39 is 6.04 Å². The molecule has 7 heteroatoms. The highest BCUT2D eigenvalue weighted by Gasteiger charge is 2.42. The minimum absolute atomic E-state index is 0.0315. The van der Waals surface area contributed by atoms with Crippen molar-refractivity contribution in [2.45, 2.75) is 24.5 Å². The third kappa shape index (κ3) is 2.48. The molecule has 0 aromatic heterocycles. The highest BCUT2D eigenvalue weighted by molar-refractivity contribution is 7.99. The van der Waals surface area contributed by atoms with Crippen LogP contribution >= 0.6 is 11.8 Å². The number of hydrogen-bond acceptors (Lipinski definition) is 5. The summed E-state index contributed by atoms with van der Waals surface area (Å²) in [5.74, 6) is 1.57. The molecule has 2 aliphatic heterocycles. The molecule has 18 heavy (non-hydrogen) atoms. The lowest BCUT2D eigenvalue weighted by Gasteiger charge is -2.28. The molecule has 3 atom stereocenters. The van der Waals surface area contributed by atoms with Gasteiger partial charge in [0.2, 0.25) is 11.8 Å². The van der Waals surface area contributed by atoms with Crippen molar-refractivity contribution in [3.05, 3.63) is 0 Å². The molecule has 6 nitrogen and oxygen atoms in total. The Labute approximate surface area is 111 Å². The first kappa shape index (κ1) is 13.6. The van der Waals surface area contributed by atoms with Crippen LogP contribution in [0.2, 0.25) is 0 Å². The number of thioether (sulfide) groups is 1. The van der Waals surface area contributed by atoms with Gasteiger partial charge in [-0.3, -0.25) is 14.5 Å². The van der Waals surface area contributed by atoms with Gasteiger partial charge in [-0.05, 0) is 13.5 Å². The van der Waals surface area contributed by atoms with Crippen LogP contribution in [0.3, 0.4) is 0 Å². The first-order valence-corrected chi connectivity index (χ1v) is 7.25. The Balaban J connectivity index is 2.10. The molecular weight excluding hydrogens is 252 g/mol. The van der Waals surface area contributed by atoms with Crippen molar-refractivity contribution >= 4 is 23.6 Å². The first-order valence-electron chi connectivity index (χ1n) is 6.10. The molecule has 2 fully saturated rings. The number of carbonyl (C=O) groups is 2. The zero-order valence-electron chi connectivity index (χ0n) is 10.8. The van der Waals surface area contributed by atoms with E-state index in [1.54, 1.807) is 23.7 Å². The maximum absolute atomic E-state index is 12.5. The van der Waals surface area contributed by atoms with Gasteiger partial charge in [-0.25, -0.2) is 0 Å². The maximum Gasteiger partial charge on any atom is 0.242 e. The van der Waals surface area contributed by atoms with Crippen LogP contribution in [0.5, 0.6) is 0 Å². The van der Waals surface area contributed by atoms with Gasteiger partial charge in [0.05, 0.1) is 6.04 Å². The Bertz CT molecular complexity index is 352. The van der Waals surface area contributed by atoms with Crippen LogP contribution in [0.1, 0.15) is 6.42 Å². The van der Waals surface area contributed by atoms with Crippen molar-refractivity contribution in [1.82, 2.24) is 15.1 Å². The van der Waals surface area contributed by atoms with Crippen LogP contribution in [-0.2, 0) is 9.59 Å². The van der Waals surface area contributed by atoms with E-state index in [0.29, 0.717) is 13.0 Å². The van der Waals surface area contributed by atoms with Crippen LogP contribution in [0, 0.1) is 0 Å². The van der Waals surface area contributed by atoms with E-state index in [4.69, 9.17) is 5.73 Å². The summed E-state index contributed by atoms with van der Waals surface area (Å²) in [5, 5.41) is 2.61. The minimum atomic E-state index is -0.406. The average molecular weight is 272 g/mol. The SMILES string of the molecule is CNC(=O)[C@@H]1C[C@@H](N)CN1C(=O)[C@@H]1CSCN1C. The number of nitrogens with zero attached hydrogens (tertiary/aromatic N) is 2. The monoisotopic (exact) mass is 272 g/mol. The summed E-state index contributed by atoms with van der Waals surface area (Å²) < 4.78 is 0. The fraction of sp³-hybridized carbons (Fsp3) is 0.818. The molecule has 102 valence electrons. The second-order valence-electron chi connectivity index (χ2n) is 4.89. The molecule has 0 aromatic carbocycles. The summed E-state index contributed by atoms with van der Waals surface area (Å²) >= 11 is 1.74. The molecule has 0 unspecified atom stereocenters. The van der Waals surface area contributed by atoms with E-state index in [-0.39, 0.29) is 23.9 Å². The second kappa shape index (κ2) is 5.46. The van der Waals surface area contributed by atoms with Gasteiger partial charge < -0.3 is 16.0 Å². The van der Waals surface area contributed by atoms with E-state index in [0.717, 1.165) is 11.6 Å². The van der Waals surface area contributed by atoms with Crippen LogP contribution in [-0.4, -0.2) is 72.0 Å². The molecule has 0 aliphatic carbocycles. The van der Waals surface area contributed by atoms with E-state index in [1.165, 1.54) is 0 Å². The first-order chi connectivity index (χ1) is 8.54. The summed E-state index contributed by atoms with van der Waals surface area (Å²) in [6.45, 7) is 0.478. The van der Waals surface area contributed by atoms with Gasteiger partial charge in [-0.2, -0.15) is 0 Å². The van der Waals surface area contributed by atoms with E-state index in [2.05, 4.69) is 5.32 Å². The van der Waals surface area contributed by atoms with Crippen molar-refractivity contribution in [1.29, 1.82) is 0 Å². The Kier molecular flexibility index (Phi) is 4.14. The van der Waals surface area contributed by atoms with Crippen molar-refractivity contribution in [3.8, 4) is 0 Å². The number of likely N-dealkylation sites (N-methyl/N-ethyl adjacent to an activating group) is 2. The molecule has 0 radical (unpaired) electrons. The van der Waals surface area contributed by atoms with E-state index in [9.17, 15) is 9.59 Å². The molecule has 2 amide bonds. The number of nitrogens with two attached hydrogens (primary N) is 1. The number of rotatable bonds is 2. The molecule has 0 spiro atoms. The average Bonchev–Trinajstić information content (AvgIpc) is 2.93. The number of carbonyl (C=O) groups excluding carboxylic acids is 2. The summed E-state index contributed by atoms with van der Waals surface area (Å²) in [5.41, 5.74) is 5.89. The lowest BCUT2D eigenvalue weighted by atomic mass is 10.1. The van der Waals surface area contributed by atoms with Crippen LogP contribution in [0.4, 0.5) is 0 Å². The second-order valence-corrected chi connectivity index (χ2v) is 5.89. The Hall–Kier alpha value is -0.790. The topological polar surface area (TPSA) is 78.7 Å². The summed E-state index contributed by atoms with van der Waals surface area (Å²) in [6.07, 6.45) is 0.551. The summed E-state index contributed by atoms with van der Waals surface area (Å²) in [7, 11) is 3.53. The molecule has 2 aliphatic rings. The number of likely N-dealkylation sites (tertiary alicyclic amines) is 1. The summed E-state index contributed by atoms with van der Waals surface area (Å²) in [6, 6.07) is -0.625. The molecule has 2 rings (SSSR count). The quantitative estimate of drug-likeness (QED) is 0.651. The number of hydrogen-bond donors (Lipinski definition) is 2. The largest absolute Gasteiger partial charge is 0.357 e. The highest BCUT2D eigenvalue weighted by Crippen LogP contribution is 2.24. The van der Waals surface area contributed by atoms with E-state index >= 15 is 0 Å². The molecular formula is C11H20N4O2S. The fourth-order valence-corrected chi connectivity index (χ4v) is 3.70. The third-order valence-corrected chi connectivity index (χ3v) is 4.69. The van der Waals surface area contributed by atoms with Crippen LogP contribution in [0.15, 0.2) is 0 Å². The fourth-order valence-electron chi connectivity index (χ4n) is 2.50. The van der Waals surface area contributed by atoms with Crippen molar-refractivity contribution in [2.24, 2.45) is 5.73 Å². The molecule has 0 saturated carbocycles. The Morgan fingerprint density at radius 3 is 2.67 bits per heavy atom. The minimum Gasteiger partial charge on any atom is -0.357 e. The third-order valence-electron chi connectivity index (χ3n) is 3.55. The van der Waals surface area contributed by atoms with Gasteiger partial charge in [0.1, 0.15) is 6.04 Å². The van der Waals surface area contributed by atoms with Gasteiger partial charge in [0, 0.05) is 31.3 Å². The maximum atomic E-state index is 12.5. The Morgan fingerprint density at radius 2 is 2.11 bits per heavy atom. The number of nitrogens with one attached hydrogen (secondary N) is 1. The smallest absolute Gasteiger partial charge is 0.242 e. The lowest BCUT2D eigenvalue weighted by Crippen LogP contribution is -2.51. The molecule has 0 aromatic rings. The molecule has 2 heterocycles. The Morgan fingerprint density at radius 1 is 1.39 bits per heavy atom. The molecule has 2 saturated heterocycles. The van der Waals surface area contributed by atoms with Crippen molar-refractivity contribution in [2.75, 3.05) is 32.3 Å². The zero-order valence-corrected chi connectivity index (χ0v) is 11.6. The predicted molar refractivity (Wildman–Crippen MR) is 71.0 cm³/mol. The van der Waals surface area contributed by atoms with Crippen LogP contribution in [0.25, 0.3) is 0 Å². The predicted octanol–water partition coefficient (Wildman–Crippen LogP) is -1.33. The van der Waals surface area contributed by atoms with Crippen molar-refractivity contribution in [3.63, 3.8) is 0 Å². The van der Waals surface area contributed by atoms with Crippen LogP contribution < -0.4 is 11.1 Å². The highest BCUT2D eigenvalue weighted by atomic mass is 32.2. The van der Waals surface area contributed by atoms with Gasteiger partial charge in [0.25, 0.3) is 0 Å². The van der Waals surface area contributed by atoms with Gasteiger partial charge in [-0.1, -0.05) is 0 Å². The molecule has 3 N–H and O–H groups in total. The van der Waals surface area contributed by atoms with E-state index in [1.807, 2.05) is 11.9 Å². The van der Waals surface area contributed by atoms with Gasteiger partial charge in [0.15, 0.2) is 0 Å². The molecule has 0 bridgehead atoms.